The van der Waals surface area contributed by atoms with E-state index in [-0.39, 0.29) is 11.6 Å². The van der Waals surface area contributed by atoms with Gasteiger partial charge in [-0.3, -0.25) is 9.69 Å². The molecular weight excluding hydrogens is 524 g/mol. The lowest BCUT2D eigenvalue weighted by molar-refractivity contribution is 0.101. The Morgan fingerprint density at radius 1 is 1.34 bits per heavy atom. The second-order valence-electron chi connectivity index (χ2n) is 8.12. The molecule has 6 nitrogen and oxygen atoms in total. The standard InChI is InChI=1S/C24H27FIN3O3/c1-15(30)16-4-7-21(20(12-16)27-2)31-11-3-9-29-10-8-17(13-23(29)26)24-19-6-5-18(25)14-22(19)32-28-24/h4-7,12,14,17,23,27H,3,8-11,13H2,1-2H3. The van der Waals surface area contributed by atoms with E-state index < -0.39 is 0 Å². The number of nitrogens with zero attached hydrogens (tertiary/aromatic N) is 2. The molecule has 2 heterocycles. The molecule has 2 unspecified atom stereocenters. The van der Waals surface area contributed by atoms with Crippen molar-refractivity contribution in [3.8, 4) is 5.75 Å². The Hall–Kier alpha value is -2.20. The summed E-state index contributed by atoms with van der Waals surface area (Å²) in [6.45, 7) is 4.09. The first-order valence-corrected chi connectivity index (χ1v) is 12.1. The summed E-state index contributed by atoms with van der Waals surface area (Å²) in [4.78, 5) is 14.0. The second-order valence-corrected chi connectivity index (χ2v) is 9.56. The highest BCUT2D eigenvalue weighted by Gasteiger charge is 2.30. The van der Waals surface area contributed by atoms with E-state index in [2.05, 4.69) is 38.0 Å². The van der Waals surface area contributed by atoms with Gasteiger partial charge in [0.25, 0.3) is 0 Å². The molecule has 8 heteroatoms. The number of anilines is 1. The maximum absolute atomic E-state index is 13.4. The lowest BCUT2D eigenvalue weighted by Gasteiger charge is -2.36. The highest BCUT2D eigenvalue weighted by Crippen LogP contribution is 2.37. The van der Waals surface area contributed by atoms with Crippen LogP contribution in [-0.4, -0.2) is 46.6 Å². The maximum Gasteiger partial charge on any atom is 0.170 e. The summed E-state index contributed by atoms with van der Waals surface area (Å²) in [5, 5.41) is 8.26. The third kappa shape index (κ3) is 5.06. The highest BCUT2D eigenvalue weighted by atomic mass is 127. The van der Waals surface area contributed by atoms with Crippen molar-refractivity contribution in [3.63, 3.8) is 0 Å². The minimum absolute atomic E-state index is 0.0373. The zero-order chi connectivity index (χ0) is 22.7. The van der Waals surface area contributed by atoms with Crippen molar-refractivity contribution in [2.45, 2.75) is 36.2 Å². The maximum atomic E-state index is 13.4. The van der Waals surface area contributed by atoms with E-state index in [1.807, 2.05) is 19.2 Å². The molecule has 3 aromatic rings. The number of carbonyl (C=O) groups is 1. The molecule has 4 rings (SSSR count). The van der Waals surface area contributed by atoms with Crippen LogP contribution < -0.4 is 10.1 Å². The normalized spacial score (nSPS) is 19.2. The van der Waals surface area contributed by atoms with Crippen LogP contribution in [0, 0.1) is 5.82 Å². The largest absolute Gasteiger partial charge is 0.491 e. The van der Waals surface area contributed by atoms with Gasteiger partial charge in [0.2, 0.25) is 0 Å². The summed E-state index contributed by atoms with van der Waals surface area (Å²) in [6.07, 6.45) is 2.89. The molecular formula is C24H27FIN3O3. The van der Waals surface area contributed by atoms with Gasteiger partial charge >= 0.3 is 0 Å². The van der Waals surface area contributed by atoms with Crippen LogP contribution in [0.15, 0.2) is 40.9 Å². The predicted octanol–water partition coefficient (Wildman–Crippen LogP) is 5.62. The second kappa shape index (κ2) is 10.2. The number of ketones is 1. The number of likely N-dealkylation sites (tertiary alicyclic amines) is 1. The van der Waals surface area contributed by atoms with Crippen LogP contribution in [0.25, 0.3) is 11.0 Å². The fourth-order valence-corrected chi connectivity index (χ4v) is 5.38. The van der Waals surface area contributed by atoms with Crippen LogP contribution in [-0.2, 0) is 0 Å². The first-order chi connectivity index (χ1) is 15.5. The highest BCUT2D eigenvalue weighted by molar-refractivity contribution is 14.1. The SMILES string of the molecule is CNc1cc(C(C)=O)ccc1OCCCN1CCC(c2noc3cc(F)ccc23)CC1I. The van der Waals surface area contributed by atoms with Gasteiger partial charge in [-0.05, 0) is 63.1 Å². The summed E-state index contributed by atoms with van der Waals surface area (Å²) in [7, 11) is 1.82. The van der Waals surface area contributed by atoms with Gasteiger partial charge in [0.15, 0.2) is 11.4 Å². The van der Waals surface area contributed by atoms with Gasteiger partial charge in [0.05, 0.1) is 22.0 Å². The quantitative estimate of drug-likeness (QED) is 0.129. The molecule has 1 aromatic heterocycles. The van der Waals surface area contributed by atoms with E-state index in [4.69, 9.17) is 9.26 Å². The van der Waals surface area contributed by atoms with Crippen LogP contribution in [0.3, 0.4) is 0 Å². The van der Waals surface area contributed by atoms with Crippen molar-refractivity contribution in [3.05, 3.63) is 53.5 Å². The van der Waals surface area contributed by atoms with Gasteiger partial charge in [0, 0.05) is 36.5 Å². The Morgan fingerprint density at radius 3 is 2.94 bits per heavy atom. The Balaban J connectivity index is 1.28. The lowest BCUT2D eigenvalue weighted by Crippen LogP contribution is -2.39. The van der Waals surface area contributed by atoms with Crippen LogP contribution in [0.4, 0.5) is 10.1 Å². The third-order valence-corrected chi connectivity index (χ3v) is 7.29. The third-order valence-electron chi connectivity index (χ3n) is 5.99. The molecule has 2 aromatic carbocycles. The Kier molecular flexibility index (Phi) is 7.30. The lowest BCUT2D eigenvalue weighted by atomic mass is 9.91. The molecule has 1 fully saturated rings. The summed E-state index contributed by atoms with van der Waals surface area (Å²) in [5.41, 5.74) is 2.95. The fourth-order valence-electron chi connectivity index (χ4n) is 4.21. The minimum atomic E-state index is -0.305. The van der Waals surface area contributed by atoms with Gasteiger partial charge in [0.1, 0.15) is 11.6 Å². The zero-order valence-corrected chi connectivity index (χ0v) is 20.4. The van der Waals surface area contributed by atoms with Crippen molar-refractivity contribution < 1.29 is 18.4 Å². The van der Waals surface area contributed by atoms with Crippen LogP contribution in [0.1, 0.15) is 48.2 Å². The molecule has 0 spiro atoms. The number of benzene rings is 2. The number of nitrogens with one attached hydrogen (secondary N) is 1. The number of Topliss-reactive ketones (excluding diaryl/α,β-unsaturated/α-hetero) is 1. The van der Waals surface area contributed by atoms with Gasteiger partial charge in [-0.1, -0.05) is 27.7 Å². The molecule has 0 bridgehead atoms. The molecule has 170 valence electrons. The average molecular weight is 551 g/mol. The molecule has 1 N–H and O–H groups in total. The van der Waals surface area contributed by atoms with E-state index in [9.17, 15) is 9.18 Å². The molecule has 0 aliphatic carbocycles. The predicted molar refractivity (Wildman–Crippen MR) is 131 cm³/mol. The van der Waals surface area contributed by atoms with E-state index >= 15 is 0 Å². The number of rotatable bonds is 8. The summed E-state index contributed by atoms with van der Waals surface area (Å²) >= 11 is 2.50. The Morgan fingerprint density at radius 2 is 2.19 bits per heavy atom. The molecule has 0 amide bonds. The number of alkyl halides is 1. The molecule has 1 aliphatic heterocycles. The number of carbonyl (C=O) groups excluding carboxylic acids is 1. The summed E-state index contributed by atoms with van der Waals surface area (Å²) in [5.74, 6) is 0.807. The Bertz CT molecular complexity index is 1100. The van der Waals surface area contributed by atoms with Gasteiger partial charge in [-0.15, -0.1) is 0 Å². The average Bonchev–Trinajstić information content (AvgIpc) is 3.20. The van der Waals surface area contributed by atoms with Crippen LogP contribution >= 0.6 is 22.6 Å². The van der Waals surface area contributed by atoms with E-state index in [1.165, 1.54) is 12.1 Å². The fraction of sp³-hybridized carbons (Fsp3) is 0.417. The number of ether oxygens (including phenoxy) is 1. The topological polar surface area (TPSA) is 67.6 Å². The molecule has 1 saturated heterocycles. The monoisotopic (exact) mass is 551 g/mol. The van der Waals surface area contributed by atoms with Crippen LogP contribution in [0.2, 0.25) is 0 Å². The zero-order valence-electron chi connectivity index (χ0n) is 18.2. The van der Waals surface area contributed by atoms with Crippen molar-refractivity contribution in [1.82, 2.24) is 10.1 Å². The summed E-state index contributed by atoms with van der Waals surface area (Å²) in [6, 6.07) is 10.1. The van der Waals surface area contributed by atoms with E-state index in [0.29, 0.717) is 27.7 Å². The van der Waals surface area contributed by atoms with Gasteiger partial charge < -0.3 is 14.6 Å². The Labute approximate surface area is 200 Å². The van der Waals surface area contributed by atoms with Crippen molar-refractivity contribution in [1.29, 1.82) is 0 Å². The van der Waals surface area contributed by atoms with Crippen LogP contribution in [0.5, 0.6) is 5.75 Å². The van der Waals surface area contributed by atoms with E-state index in [0.717, 1.165) is 54.9 Å². The first kappa shape index (κ1) is 23.0. The summed E-state index contributed by atoms with van der Waals surface area (Å²) < 4.78 is 25.1. The van der Waals surface area contributed by atoms with Gasteiger partial charge in [-0.25, -0.2) is 4.39 Å². The number of hydrogen-bond acceptors (Lipinski definition) is 6. The number of halogens is 2. The van der Waals surface area contributed by atoms with Gasteiger partial charge in [-0.2, -0.15) is 0 Å². The molecule has 32 heavy (non-hydrogen) atoms. The molecule has 1 aliphatic rings. The minimum Gasteiger partial charge on any atom is -0.491 e. The number of hydrogen-bond donors (Lipinski definition) is 1. The van der Waals surface area contributed by atoms with Crippen molar-refractivity contribution >= 4 is 45.0 Å². The van der Waals surface area contributed by atoms with Crippen molar-refractivity contribution in [2.75, 3.05) is 32.1 Å². The molecule has 0 radical (unpaired) electrons. The van der Waals surface area contributed by atoms with E-state index in [1.54, 1.807) is 19.1 Å². The number of aromatic nitrogens is 1. The van der Waals surface area contributed by atoms with Crippen molar-refractivity contribution in [2.24, 2.45) is 0 Å². The molecule has 2 atom stereocenters. The number of fused-ring (bicyclic) bond motifs is 1. The first-order valence-electron chi connectivity index (χ1n) is 10.8. The molecule has 0 saturated carbocycles. The number of piperidine rings is 1. The smallest absolute Gasteiger partial charge is 0.170 e.